The van der Waals surface area contributed by atoms with Gasteiger partial charge in [-0.2, -0.15) is 0 Å². The zero-order valence-electron chi connectivity index (χ0n) is 10.3. The van der Waals surface area contributed by atoms with E-state index in [1.807, 2.05) is 19.1 Å². The molecule has 92 valence electrons. The number of benzene rings is 1. The van der Waals surface area contributed by atoms with Gasteiger partial charge in [-0.05, 0) is 30.5 Å². The molecule has 0 aliphatic carbocycles. The van der Waals surface area contributed by atoms with Crippen LogP contribution in [0.25, 0.3) is 0 Å². The average molecular weight is 234 g/mol. The van der Waals surface area contributed by atoms with Gasteiger partial charge < -0.3 is 10.5 Å². The number of fused-ring (bicyclic) bond motifs is 1. The van der Waals surface area contributed by atoms with Gasteiger partial charge in [0, 0.05) is 18.8 Å². The first kappa shape index (κ1) is 11.9. The van der Waals surface area contributed by atoms with Crippen molar-refractivity contribution in [3.05, 3.63) is 29.3 Å². The number of hydrogen-bond donors (Lipinski definition) is 1. The molecule has 2 rings (SSSR count). The minimum Gasteiger partial charge on any atom is -0.468 e. The molecular formula is C13H18N2O2. The van der Waals surface area contributed by atoms with Crippen molar-refractivity contribution >= 4 is 11.7 Å². The summed E-state index contributed by atoms with van der Waals surface area (Å²) in [6.07, 6.45) is 0.892. The van der Waals surface area contributed by atoms with Crippen LogP contribution in [0.4, 0.5) is 5.69 Å². The van der Waals surface area contributed by atoms with Crippen LogP contribution in [0.15, 0.2) is 18.2 Å². The number of methoxy groups -OCH3 is 1. The smallest absolute Gasteiger partial charge is 0.322 e. The van der Waals surface area contributed by atoms with Gasteiger partial charge in [0.15, 0.2) is 0 Å². The van der Waals surface area contributed by atoms with Crippen LogP contribution in [0, 0.1) is 0 Å². The van der Waals surface area contributed by atoms with Gasteiger partial charge in [-0.15, -0.1) is 0 Å². The van der Waals surface area contributed by atoms with E-state index in [0.717, 1.165) is 25.2 Å². The predicted octanol–water partition coefficient (Wildman–Crippen LogP) is 1.19. The molecule has 0 spiro atoms. The summed E-state index contributed by atoms with van der Waals surface area (Å²) in [5, 5.41) is 0. The van der Waals surface area contributed by atoms with Crippen molar-refractivity contribution < 1.29 is 9.53 Å². The molecule has 0 saturated heterocycles. The predicted molar refractivity (Wildman–Crippen MR) is 66.4 cm³/mol. The molecule has 1 aliphatic heterocycles. The molecule has 0 bridgehead atoms. The summed E-state index contributed by atoms with van der Waals surface area (Å²) in [5.74, 6) is -0.183. The maximum absolute atomic E-state index is 11.5. The summed E-state index contributed by atoms with van der Waals surface area (Å²) < 4.78 is 4.77. The first-order valence-corrected chi connectivity index (χ1v) is 5.81. The van der Waals surface area contributed by atoms with Crippen LogP contribution in [0.2, 0.25) is 0 Å². The van der Waals surface area contributed by atoms with Gasteiger partial charge in [0.05, 0.1) is 7.11 Å². The Hall–Kier alpha value is -1.55. The van der Waals surface area contributed by atoms with E-state index < -0.39 is 0 Å². The van der Waals surface area contributed by atoms with Crippen molar-refractivity contribution in [1.29, 1.82) is 0 Å². The number of nitrogen functional groups attached to an aromatic ring is 1. The third-order valence-corrected chi connectivity index (χ3v) is 3.42. The first-order chi connectivity index (χ1) is 8.13. The summed E-state index contributed by atoms with van der Waals surface area (Å²) in [6.45, 7) is 3.48. The lowest BCUT2D eigenvalue weighted by Gasteiger charge is -2.32. The number of rotatable bonds is 2. The molecule has 1 unspecified atom stereocenters. The Morgan fingerprint density at radius 3 is 3.00 bits per heavy atom. The van der Waals surface area contributed by atoms with Crippen molar-refractivity contribution in [2.24, 2.45) is 0 Å². The van der Waals surface area contributed by atoms with Crippen molar-refractivity contribution in [3.8, 4) is 0 Å². The normalized spacial score (nSPS) is 17.3. The molecule has 17 heavy (non-hydrogen) atoms. The topological polar surface area (TPSA) is 55.6 Å². The van der Waals surface area contributed by atoms with Crippen molar-refractivity contribution in [3.63, 3.8) is 0 Å². The molecule has 1 atom stereocenters. The van der Waals surface area contributed by atoms with Crippen molar-refractivity contribution in [2.45, 2.75) is 25.9 Å². The number of hydrogen-bond acceptors (Lipinski definition) is 4. The van der Waals surface area contributed by atoms with Gasteiger partial charge in [-0.25, -0.2) is 0 Å². The monoisotopic (exact) mass is 234 g/mol. The van der Waals surface area contributed by atoms with Crippen LogP contribution < -0.4 is 5.73 Å². The second-order valence-electron chi connectivity index (χ2n) is 4.40. The van der Waals surface area contributed by atoms with E-state index in [1.54, 1.807) is 0 Å². The number of ether oxygens (including phenoxy) is 1. The fourth-order valence-electron chi connectivity index (χ4n) is 2.31. The highest BCUT2D eigenvalue weighted by molar-refractivity contribution is 5.75. The van der Waals surface area contributed by atoms with Crippen molar-refractivity contribution in [2.75, 3.05) is 19.4 Å². The third-order valence-electron chi connectivity index (χ3n) is 3.42. The molecule has 1 aromatic rings. The Morgan fingerprint density at radius 2 is 2.29 bits per heavy atom. The maximum Gasteiger partial charge on any atom is 0.322 e. The van der Waals surface area contributed by atoms with E-state index in [2.05, 4.69) is 11.0 Å². The number of nitrogens with two attached hydrogens (primary N) is 1. The molecule has 1 aromatic carbocycles. The molecule has 1 heterocycles. The highest BCUT2D eigenvalue weighted by Gasteiger charge is 2.26. The average Bonchev–Trinajstić information content (AvgIpc) is 2.37. The molecule has 4 nitrogen and oxygen atoms in total. The fraction of sp³-hybridized carbons (Fsp3) is 0.462. The Kier molecular flexibility index (Phi) is 3.33. The van der Waals surface area contributed by atoms with Crippen molar-refractivity contribution in [1.82, 2.24) is 4.90 Å². The van der Waals surface area contributed by atoms with E-state index in [9.17, 15) is 4.79 Å². The molecular weight excluding hydrogens is 216 g/mol. The Balaban J connectivity index is 2.16. The summed E-state index contributed by atoms with van der Waals surface area (Å²) >= 11 is 0. The van der Waals surface area contributed by atoms with Crippen LogP contribution >= 0.6 is 0 Å². The Bertz CT molecular complexity index is 431. The number of nitrogens with zero attached hydrogens (tertiary/aromatic N) is 1. The minimum absolute atomic E-state index is 0.183. The Morgan fingerprint density at radius 1 is 1.53 bits per heavy atom. The number of anilines is 1. The highest BCUT2D eigenvalue weighted by Crippen LogP contribution is 2.25. The van der Waals surface area contributed by atoms with Gasteiger partial charge in [-0.1, -0.05) is 12.1 Å². The van der Waals surface area contributed by atoms with E-state index in [1.165, 1.54) is 18.2 Å². The molecule has 1 aliphatic rings. The largest absolute Gasteiger partial charge is 0.468 e. The first-order valence-electron chi connectivity index (χ1n) is 5.81. The van der Waals surface area contributed by atoms with Gasteiger partial charge in [-0.3, -0.25) is 9.69 Å². The summed E-state index contributed by atoms with van der Waals surface area (Å²) in [6, 6.07) is 5.76. The summed E-state index contributed by atoms with van der Waals surface area (Å²) in [4.78, 5) is 13.6. The van der Waals surface area contributed by atoms with E-state index in [4.69, 9.17) is 10.5 Å². The molecule has 0 fully saturated rings. The summed E-state index contributed by atoms with van der Waals surface area (Å²) in [7, 11) is 1.43. The lowest BCUT2D eigenvalue weighted by Crippen LogP contribution is -2.42. The zero-order valence-corrected chi connectivity index (χ0v) is 10.3. The van der Waals surface area contributed by atoms with E-state index in [0.29, 0.717) is 0 Å². The second kappa shape index (κ2) is 4.75. The van der Waals surface area contributed by atoms with Gasteiger partial charge >= 0.3 is 5.97 Å². The SMILES string of the molecule is COC(=O)C(C)N1CCc2c(N)cccc2C1. The molecule has 4 heteroatoms. The van der Waals surface area contributed by atoms with Crippen LogP contribution in [-0.2, 0) is 22.5 Å². The fourth-order valence-corrected chi connectivity index (χ4v) is 2.31. The summed E-state index contributed by atoms with van der Waals surface area (Å²) in [5.41, 5.74) is 9.23. The maximum atomic E-state index is 11.5. The lowest BCUT2D eigenvalue weighted by atomic mass is 9.97. The molecule has 0 saturated carbocycles. The molecule has 0 amide bonds. The standard InChI is InChI=1S/C13H18N2O2/c1-9(13(16)17-2)15-7-6-11-10(8-15)4-3-5-12(11)14/h3-5,9H,6-8,14H2,1-2H3. The van der Waals surface area contributed by atoms with Gasteiger partial charge in [0.1, 0.15) is 6.04 Å². The molecule has 2 N–H and O–H groups in total. The molecule has 0 aromatic heterocycles. The number of carbonyl (C=O) groups excluding carboxylic acids is 1. The quantitative estimate of drug-likeness (QED) is 0.617. The second-order valence-corrected chi connectivity index (χ2v) is 4.40. The molecule has 0 radical (unpaired) electrons. The van der Waals surface area contributed by atoms with E-state index in [-0.39, 0.29) is 12.0 Å². The third kappa shape index (κ3) is 2.26. The number of carbonyl (C=O) groups is 1. The van der Waals surface area contributed by atoms with Gasteiger partial charge in [0.2, 0.25) is 0 Å². The van der Waals surface area contributed by atoms with Crippen LogP contribution in [-0.4, -0.2) is 30.6 Å². The highest BCUT2D eigenvalue weighted by atomic mass is 16.5. The zero-order chi connectivity index (χ0) is 12.4. The number of esters is 1. The van der Waals surface area contributed by atoms with E-state index >= 15 is 0 Å². The van der Waals surface area contributed by atoms with Gasteiger partial charge in [0.25, 0.3) is 0 Å². The van der Waals surface area contributed by atoms with Crippen LogP contribution in [0.1, 0.15) is 18.1 Å². The lowest BCUT2D eigenvalue weighted by molar-refractivity contribution is -0.146. The Labute approximate surface area is 101 Å². The van der Waals surface area contributed by atoms with Crippen LogP contribution in [0.5, 0.6) is 0 Å². The minimum atomic E-state index is -0.199. The van der Waals surface area contributed by atoms with Crippen LogP contribution in [0.3, 0.4) is 0 Å².